The smallest absolute Gasteiger partial charge is 1.00 e. The summed E-state index contributed by atoms with van der Waals surface area (Å²) in [5.74, 6) is 0. The molecule has 0 aromatic heterocycles. The van der Waals surface area contributed by atoms with Crippen LogP contribution in [0, 0.1) is 0 Å². The molecule has 0 aliphatic rings. The molecule has 4 atom stereocenters. The van der Waals surface area contributed by atoms with Crippen LogP contribution in [-0.4, -0.2) is 68.3 Å². The average Bonchev–Trinajstić information content (AvgIpc) is 2.12. The summed E-state index contributed by atoms with van der Waals surface area (Å²) < 4.78 is 0. The van der Waals surface area contributed by atoms with Gasteiger partial charge in [-0.05, 0) is 0 Å². The number of hydrogen-bond acceptors (Lipinski definition) is 6. The van der Waals surface area contributed by atoms with Gasteiger partial charge in [-0.2, -0.15) is 0 Å². The van der Waals surface area contributed by atoms with Crippen LogP contribution in [0.2, 0.25) is 0 Å². The monoisotopic (exact) mass is 224 g/mol. The van der Waals surface area contributed by atoms with Crippen LogP contribution in [0.5, 0.6) is 0 Å². The van der Waals surface area contributed by atoms with E-state index in [0.29, 0.717) is 0 Å². The zero-order chi connectivity index (χ0) is 9.72. The molecule has 0 saturated heterocycles. The fraction of sp³-hybridized carbons (Fsp3) is 1.00. The first-order valence-electron chi connectivity index (χ1n) is 3.48. The van der Waals surface area contributed by atoms with E-state index < -0.39 is 37.6 Å². The molecule has 0 spiro atoms. The summed E-state index contributed by atoms with van der Waals surface area (Å²) in [6, 6.07) is 0. The molecule has 0 aliphatic heterocycles. The Bertz CT molecular complexity index is 115. The Morgan fingerprint density at radius 1 is 0.714 bits per heavy atom. The Hall–Kier alpha value is 0.690. The van der Waals surface area contributed by atoms with Gasteiger partial charge in [0, 0.05) is 0 Å². The van der Waals surface area contributed by atoms with Gasteiger partial charge in [0.15, 0.2) is 0 Å². The third kappa shape index (κ3) is 6.23. The molecule has 6 nitrogen and oxygen atoms in total. The summed E-state index contributed by atoms with van der Waals surface area (Å²) in [5, 5.41) is 52.2. The maximum Gasteiger partial charge on any atom is 1.00 e. The van der Waals surface area contributed by atoms with Crippen molar-refractivity contribution < 1.29 is 64.9 Å². The topological polar surface area (TPSA) is 121 Å². The van der Waals surface area contributed by atoms with Crippen LogP contribution in [-0.2, 0) is 0 Å². The molecule has 4 unspecified atom stereocenters. The molecule has 0 heterocycles. The normalized spacial score (nSPS) is 18.4. The van der Waals surface area contributed by atoms with E-state index in [0.717, 1.165) is 0 Å². The molecule has 8 heteroatoms. The van der Waals surface area contributed by atoms with Crippen LogP contribution in [0.1, 0.15) is 0 Å². The van der Waals surface area contributed by atoms with Gasteiger partial charge in [0.1, 0.15) is 24.4 Å². The van der Waals surface area contributed by atoms with E-state index >= 15 is 0 Å². The first kappa shape index (κ1) is 20.1. The van der Waals surface area contributed by atoms with Crippen molar-refractivity contribution in [2.24, 2.45) is 0 Å². The molecule has 0 aliphatic carbocycles. The summed E-state index contributed by atoms with van der Waals surface area (Å²) >= 11 is 0. The Morgan fingerprint density at radius 2 is 0.929 bits per heavy atom. The van der Waals surface area contributed by atoms with Gasteiger partial charge in [-0.1, -0.05) is 0 Å². The van der Waals surface area contributed by atoms with E-state index in [9.17, 15) is 0 Å². The van der Waals surface area contributed by atoms with Crippen LogP contribution in [0.4, 0.5) is 0 Å². The predicted molar refractivity (Wildman–Crippen MR) is 38.2 cm³/mol. The van der Waals surface area contributed by atoms with E-state index in [1.54, 1.807) is 0 Å². The van der Waals surface area contributed by atoms with Gasteiger partial charge in [0.25, 0.3) is 0 Å². The molecule has 0 aromatic carbocycles. The van der Waals surface area contributed by atoms with E-state index in [-0.39, 0.29) is 34.3 Å². The number of hydrogen-bond donors (Lipinski definition) is 6. The summed E-state index contributed by atoms with van der Waals surface area (Å²) in [4.78, 5) is 0. The molecular formula is C6H14FNaO6. The fourth-order valence-electron chi connectivity index (χ4n) is 0.671. The van der Waals surface area contributed by atoms with Crippen LogP contribution in [0.3, 0.4) is 0 Å². The molecule has 0 radical (unpaired) electrons. The number of rotatable bonds is 5. The molecule has 6 N–H and O–H groups in total. The maximum absolute atomic E-state index is 8.96. The largest absolute Gasteiger partial charge is 1.00 e. The van der Waals surface area contributed by atoms with Crippen molar-refractivity contribution in [3.8, 4) is 0 Å². The third-order valence-corrected chi connectivity index (χ3v) is 1.51. The number of halogens is 1. The van der Waals surface area contributed by atoms with E-state index in [2.05, 4.69) is 0 Å². The predicted octanol–water partition coefficient (Wildman–Crippen LogP) is -9.58. The molecule has 0 bridgehead atoms. The summed E-state index contributed by atoms with van der Waals surface area (Å²) in [7, 11) is 0. The Balaban J connectivity index is -0.000000605. The standard InChI is InChI=1S/C6H14O6.FH.Na/c7-1-3(9)5(11)6(12)4(10)2-8;;/h3-12H,1-2H2;1H;/q;;+1/p-1. The van der Waals surface area contributed by atoms with Gasteiger partial charge in [0.05, 0.1) is 13.2 Å². The molecular weight excluding hydrogens is 210 g/mol. The second-order valence-electron chi connectivity index (χ2n) is 2.48. The fourth-order valence-corrected chi connectivity index (χ4v) is 0.671. The Morgan fingerprint density at radius 3 is 1.07 bits per heavy atom. The van der Waals surface area contributed by atoms with E-state index in [4.69, 9.17) is 30.6 Å². The Labute approximate surface area is 102 Å². The van der Waals surface area contributed by atoms with Gasteiger partial charge >= 0.3 is 29.6 Å². The first-order valence-corrected chi connectivity index (χ1v) is 3.48. The zero-order valence-corrected chi connectivity index (χ0v) is 9.78. The van der Waals surface area contributed by atoms with Crippen molar-refractivity contribution in [3.05, 3.63) is 0 Å². The first-order chi connectivity index (χ1) is 5.54. The van der Waals surface area contributed by atoms with Crippen molar-refractivity contribution in [1.82, 2.24) is 0 Å². The number of aliphatic hydroxyl groups excluding tert-OH is 6. The van der Waals surface area contributed by atoms with Crippen molar-refractivity contribution in [2.75, 3.05) is 13.2 Å². The average molecular weight is 224 g/mol. The van der Waals surface area contributed by atoms with Crippen LogP contribution in [0.25, 0.3) is 0 Å². The molecule has 0 saturated carbocycles. The Kier molecular flexibility index (Phi) is 14.7. The summed E-state index contributed by atoms with van der Waals surface area (Å²) in [6.45, 7) is -1.45. The van der Waals surface area contributed by atoms with Crippen molar-refractivity contribution in [3.63, 3.8) is 0 Å². The molecule has 0 amide bonds. The third-order valence-electron chi connectivity index (χ3n) is 1.51. The quantitative estimate of drug-likeness (QED) is 0.258. The second kappa shape index (κ2) is 10.2. The van der Waals surface area contributed by atoms with Crippen molar-refractivity contribution in [2.45, 2.75) is 24.4 Å². The number of aliphatic hydroxyl groups is 6. The van der Waals surface area contributed by atoms with Crippen LogP contribution in [0.15, 0.2) is 0 Å². The molecule has 0 aromatic rings. The van der Waals surface area contributed by atoms with Gasteiger partial charge in [-0.15, -0.1) is 0 Å². The minimum Gasteiger partial charge on any atom is -1.00 e. The molecule has 0 fully saturated rings. The molecule has 14 heavy (non-hydrogen) atoms. The minimum absolute atomic E-state index is 0. The van der Waals surface area contributed by atoms with Gasteiger partial charge in [0.2, 0.25) is 0 Å². The van der Waals surface area contributed by atoms with Crippen LogP contribution >= 0.6 is 0 Å². The van der Waals surface area contributed by atoms with E-state index in [1.807, 2.05) is 0 Å². The minimum atomic E-state index is -1.67. The van der Waals surface area contributed by atoms with Gasteiger partial charge < -0.3 is 35.3 Å². The van der Waals surface area contributed by atoms with Crippen LogP contribution < -0.4 is 34.3 Å². The summed E-state index contributed by atoms with van der Waals surface area (Å²) in [5.41, 5.74) is 0. The van der Waals surface area contributed by atoms with Gasteiger partial charge in [-0.3, -0.25) is 0 Å². The summed E-state index contributed by atoms with van der Waals surface area (Å²) in [6.07, 6.45) is -6.39. The maximum atomic E-state index is 8.96. The van der Waals surface area contributed by atoms with Gasteiger partial charge in [-0.25, -0.2) is 0 Å². The SMILES string of the molecule is OCC(O)C(O)C(O)C(O)CO.[F-].[Na+]. The second-order valence-corrected chi connectivity index (χ2v) is 2.48. The molecule has 82 valence electrons. The molecule has 0 rings (SSSR count). The van der Waals surface area contributed by atoms with Crippen molar-refractivity contribution >= 4 is 0 Å². The van der Waals surface area contributed by atoms with Crippen molar-refractivity contribution in [1.29, 1.82) is 0 Å². The zero-order valence-electron chi connectivity index (χ0n) is 7.78. The van der Waals surface area contributed by atoms with E-state index in [1.165, 1.54) is 0 Å².